The Bertz CT molecular complexity index is 821. The fourth-order valence-electron chi connectivity index (χ4n) is 3.04. The smallest absolute Gasteiger partial charge is 0.262 e. The van der Waals surface area contributed by atoms with Crippen LogP contribution in [-0.2, 0) is 15.6 Å². The first-order valence-corrected chi connectivity index (χ1v) is 10.2. The van der Waals surface area contributed by atoms with Gasteiger partial charge in [-0.3, -0.25) is 4.79 Å². The molecule has 0 aliphatic carbocycles. The van der Waals surface area contributed by atoms with E-state index in [1.54, 1.807) is 0 Å². The molecule has 2 aromatic carbocycles. The van der Waals surface area contributed by atoms with Crippen LogP contribution >= 0.6 is 0 Å². The lowest BCUT2D eigenvalue weighted by atomic mass is 9.76. The van der Waals surface area contributed by atoms with Crippen LogP contribution in [0.4, 0.5) is 5.69 Å². The molecule has 2 rings (SSSR count). The van der Waals surface area contributed by atoms with Crippen molar-refractivity contribution in [2.45, 2.75) is 72.1 Å². The summed E-state index contributed by atoms with van der Waals surface area (Å²) in [6.07, 6.45) is 2.06. The second-order valence-corrected chi connectivity index (χ2v) is 8.84. The Hall–Kier alpha value is -2.29. The number of amides is 1. The van der Waals surface area contributed by atoms with Crippen LogP contribution in [0.2, 0.25) is 0 Å². The fraction of sp³-hybridized carbons (Fsp3) is 0.480. The van der Waals surface area contributed by atoms with Crippen molar-refractivity contribution in [2.75, 3.05) is 11.9 Å². The Balaban J connectivity index is 2.22. The van der Waals surface area contributed by atoms with E-state index < -0.39 is 0 Å². The normalized spacial score (nSPS) is 12.0. The second kappa shape index (κ2) is 8.81. The minimum atomic E-state index is -0.146. The number of hydrogen-bond donors (Lipinski definition) is 1. The number of aryl methyl sites for hydroxylation is 1. The highest BCUT2D eigenvalue weighted by Crippen LogP contribution is 2.38. The molecular weight excluding hydrogens is 346 g/mol. The van der Waals surface area contributed by atoms with Gasteiger partial charge in [-0.1, -0.05) is 71.9 Å². The monoisotopic (exact) mass is 381 g/mol. The molecule has 1 amide bonds. The van der Waals surface area contributed by atoms with Crippen molar-refractivity contribution in [2.24, 2.45) is 0 Å². The number of anilines is 1. The molecule has 0 aromatic heterocycles. The van der Waals surface area contributed by atoms with Gasteiger partial charge in [0.25, 0.3) is 5.91 Å². The molecule has 0 spiro atoms. The van der Waals surface area contributed by atoms with Gasteiger partial charge in [-0.05, 0) is 53.9 Å². The van der Waals surface area contributed by atoms with Crippen molar-refractivity contribution >= 4 is 11.6 Å². The highest BCUT2D eigenvalue weighted by atomic mass is 16.5. The Morgan fingerprint density at radius 1 is 0.964 bits per heavy atom. The molecule has 0 radical (unpaired) electrons. The number of carbonyl (C=O) groups excluding carboxylic acids is 1. The van der Waals surface area contributed by atoms with E-state index in [4.69, 9.17) is 4.74 Å². The molecule has 0 heterocycles. The molecule has 3 heteroatoms. The van der Waals surface area contributed by atoms with Gasteiger partial charge in [0.2, 0.25) is 0 Å². The number of nitrogens with one attached hydrogen (secondary N) is 1. The predicted molar refractivity (Wildman–Crippen MR) is 118 cm³/mol. The van der Waals surface area contributed by atoms with Crippen LogP contribution < -0.4 is 10.1 Å². The number of benzene rings is 2. The summed E-state index contributed by atoms with van der Waals surface area (Å²) >= 11 is 0. The van der Waals surface area contributed by atoms with Crippen LogP contribution in [0.3, 0.4) is 0 Å². The molecule has 0 saturated carbocycles. The van der Waals surface area contributed by atoms with Crippen LogP contribution in [0.25, 0.3) is 0 Å². The van der Waals surface area contributed by atoms with Gasteiger partial charge in [0.15, 0.2) is 6.61 Å². The van der Waals surface area contributed by atoms with Gasteiger partial charge in [0, 0.05) is 11.3 Å². The lowest BCUT2D eigenvalue weighted by Crippen LogP contribution is -2.24. The van der Waals surface area contributed by atoms with E-state index >= 15 is 0 Å². The third kappa shape index (κ3) is 5.15. The van der Waals surface area contributed by atoms with Gasteiger partial charge in [-0.2, -0.15) is 0 Å². The number of para-hydroxylation sites is 1. The maximum Gasteiger partial charge on any atom is 0.262 e. The molecule has 0 saturated heterocycles. The van der Waals surface area contributed by atoms with Gasteiger partial charge >= 0.3 is 0 Å². The number of rotatable bonds is 8. The highest BCUT2D eigenvalue weighted by Gasteiger charge is 2.26. The zero-order chi connectivity index (χ0) is 20.9. The average molecular weight is 382 g/mol. The lowest BCUT2D eigenvalue weighted by Gasteiger charge is -2.30. The Labute approximate surface area is 170 Å². The van der Waals surface area contributed by atoms with Gasteiger partial charge in [-0.15, -0.1) is 0 Å². The summed E-state index contributed by atoms with van der Waals surface area (Å²) in [5, 5.41) is 2.93. The van der Waals surface area contributed by atoms with Crippen LogP contribution in [0, 0.1) is 6.92 Å². The topological polar surface area (TPSA) is 38.3 Å². The van der Waals surface area contributed by atoms with Crippen molar-refractivity contribution in [3.05, 3.63) is 59.2 Å². The minimum absolute atomic E-state index is 0.00234. The minimum Gasteiger partial charge on any atom is -0.483 e. The zero-order valence-electron chi connectivity index (χ0n) is 18.5. The van der Waals surface area contributed by atoms with E-state index in [1.807, 2.05) is 37.3 Å². The Kier molecular flexibility index (Phi) is 6.92. The molecule has 152 valence electrons. The maximum atomic E-state index is 12.4. The van der Waals surface area contributed by atoms with Gasteiger partial charge in [0.1, 0.15) is 5.75 Å². The maximum absolute atomic E-state index is 12.4. The first-order valence-electron chi connectivity index (χ1n) is 10.2. The molecule has 28 heavy (non-hydrogen) atoms. The molecular formula is C25H35NO2. The third-order valence-corrected chi connectivity index (χ3v) is 6.04. The quantitative estimate of drug-likeness (QED) is 0.575. The molecule has 3 nitrogen and oxygen atoms in total. The van der Waals surface area contributed by atoms with E-state index in [0.717, 1.165) is 35.4 Å². The summed E-state index contributed by atoms with van der Waals surface area (Å²) in [7, 11) is 0. The molecule has 0 unspecified atom stereocenters. The van der Waals surface area contributed by atoms with Crippen LogP contribution in [0.5, 0.6) is 5.75 Å². The average Bonchev–Trinajstić information content (AvgIpc) is 2.68. The van der Waals surface area contributed by atoms with E-state index in [9.17, 15) is 4.79 Å². The molecule has 0 atom stereocenters. The molecule has 0 bridgehead atoms. The standard InChI is InChI=1S/C25H35NO2/c1-8-24(4,5)19-14-15-22(20(16-19)25(6,7)9-2)28-17-23(27)26-21-13-11-10-12-18(21)3/h10-16H,8-9,17H2,1-7H3,(H,26,27). The van der Waals surface area contributed by atoms with Crippen molar-refractivity contribution in [3.63, 3.8) is 0 Å². The summed E-state index contributed by atoms with van der Waals surface area (Å²) in [5.41, 5.74) is 4.42. The predicted octanol–water partition coefficient (Wildman–Crippen LogP) is 6.39. The summed E-state index contributed by atoms with van der Waals surface area (Å²) < 4.78 is 5.99. The van der Waals surface area contributed by atoms with Crippen LogP contribution in [-0.4, -0.2) is 12.5 Å². The number of carbonyl (C=O) groups is 1. The molecule has 1 N–H and O–H groups in total. The van der Waals surface area contributed by atoms with Gasteiger partial charge < -0.3 is 10.1 Å². The zero-order valence-corrected chi connectivity index (χ0v) is 18.5. The van der Waals surface area contributed by atoms with Crippen molar-refractivity contribution in [3.8, 4) is 5.75 Å². The van der Waals surface area contributed by atoms with Crippen molar-refractivity contribution in [1.82, 2.24) is 0 Å². The Morgan fingerprint density at radius 3 is 2.21 bits per heavy atom. The van der Waals surface area contributed by atoms with E-state index in [1.165, 1.54) is 5.56 Å². The summed E-state index contributed by atoms with van der Waals surface area (Å²) in [6.45, 7) is 15.4. The number of ether oxygens (including phenoxy) is 1. The van der Waals surface area contributed by atoms with Crippen molar-refractivity contribution < 1.29 is 9.53 Å². The largest absolute Gasteiger partial charge is 0.483 e. The lowest BCUT2D eigenvalue weighted by molar-refractivity contribution is -0.118. The van der Waals surface area contributed by atoms with Gasteiger partial charge in [0.05, 0.1) is 0 Å². The molecule has 0 aliphatic rings. The second-order valence-electron chi connectivity index (χ2n) is 8.84. The third-order valence-electron chi connectivity index (χ3n) is 6.04. The van der Waals surface area contributed by atoms with Crippen LogP contribution in [0.15, 0.2) is 42.5 Å². The Morgan fingerprint density at radius 2 is 1.61 bits per heavy atom. The van der Waals surface area contributed by atoms with Crippen molar-refractivity contribution in [1.29, 1.82) is 0 Å². The van der Waals surface area contributed by atoms with E-state index in [2.05, 4.69) is 59.0 Å². The van der Waals surface area contributed by atoms with E-state index in [0.29, 0.717) is 0 Å². The first-order chi connectivity index (χ1) is 13.1. The summed E-state index contributed by atoms with van der Waals surface area (Å²) in [6, 6.07) is 14.2. The van der Waals surface area contributed by atoms with E-state index in [-0.39, 0.29) is 23.3 Å². The first kappa shape index (κ1) is 22.0. The van der Waals surface area contributed by atoms with Crippen LogP contribution in [0.1, 0.15) is 71.1 Å². The SMILES string of the molecule is CCC(C)(C)c1ccc(OCC(=O)Nc2ccccc2C)c(C(C)(C)CC)c1. The molecule has 0 fully saturated rings. The molecule has 0 aliphatic heterocycles. The van der Waals surface area contributed by atoms with Gasteiger partial charge in [-0.25, -0.2) is 0 Å². The summed E-state index contributed by atoms with van der Waals surface area (Å²) in [5.74, 6) is 0.648. The molecule has 2 aromatic rings. The summed E-state index contributed by atoms with van der Waals surface area (Å²) in [4.78, 5) is 12.4. The highest BCUT2D eigenvalue weighted by molar-refractivity contribution is 5.92. The number of hydrogen-bond acceptors (Lipinski definition) is 2. The fourth-order valence-corrected chi connectivity index (χ4v) is 3.04.